The summed E-state index contributed by atoms with van der Waals surface area (Å²) in [5.74, 6) is 1.99. The zero-order chi connectivity index (χ0) is 18.6. The van der Waals surface area contributed by atoms with Crippen LogP contribution in [0.1, 0.15) is 12.8 Å². The molecule has 1 N–H and O–H groups in total. The summed E-state index contributed by atoms with van der Waals surface area (Å²) in [7, 11) is -0.237. The zero-order valence-electron chi connectivity index (χ0n) is 15.4. The largest absolute Gasteiger partial charge is 0.497 e. The van der Waals surface area contributed by atoms with E-state index in [1.165, 1.54) is 4.31 Å². The quantitative estimate of drug-likeness (QED) is 0.788. The first-order chi connectivity index (χ1) is 12.5. The van der Waals surface area contributed by atoms with Crippen molar-refractivity contribution in [1.29, 1.82) is 0 Å². The van der Waals surface area contributed by atoms with Gasteiger partial charge in [0.15, 0.2) is 0 Å². The summed E-state index contributed by atoms with van der Waals surface area (Å²) < 4.78 is 38.0. The van der Waals surface area contributed by atoms with Crippen molar-refractivity contribution in [2.24, 2.45) is 0 Å². The number of rotatable bonds is 6. The van der Waals surface area contributed by atoms with Crippen LogP contribution >= 0.6 is 12.4 Å². The molecule has 0 atom stereocenters. The van der Waals surface area contributed by atoms with Gasteiger partial charge in [-0.25, -0.2) is 8.42 Å². The average Bonchev–Trinajstić information content (AvgIpc) is 2.69. The molecule has 6 nitrogen and oxygen atoms in total. The van der Waals surface area contributed by atoms with E-state index in [1.807, 2.05) is 12.1 Å². The zero-order valence-corrected chi connectivity index (χ0v) is 17.1. The molecule has 8 heteroatoms. The maximum atomic E-state index is 12.8. The Labute approximate surface area is 166 Å². The van der Waals surface area contributed by atoms with Crippen LogP contribution in [-0.4, -0.2) is 46.0 Å². The van der Waals surface area contributed by atoms with Gasteiger partial charge in [0.05, 0.1) is 12.0 Å². The monoisotopic (exact) mass is 412 g/mol. The molecule has 1 heterocycles. The lowest BCUT2D eigenvalue weighted by Gasteiger charge is -2.30. The Morgan fingerprint density at radius 2 is 1.41 bits per heavy atom. The molecule has 3 rings (SSSR count). The molecule has 1 aliphatic heterocycles. The van der Waals surface area contributed by atoms with E-state index in [4.69, 9.17) is 9.47 Å². The van der Waals surface area contributed by atoms with Gasteiger partial charge in [-0.3, -0.25) is 0 Å². The summed E-state index contributed by atoms with van der Waals surface area (Å²) >= 11 is 0. The van der Waals surface area contributed by atoms with E-state index in [2.05, 4.69) is 5.32 Å². The molecule has 0 aromatic heterocycles. The number of hydrogen-bond acceptors (Lipinski definition) is 5. The van der Waals surface area contributed by atoms with Crippen molar-refractivity contribution in [2.75, 3.05) is 27.2 Å². The lowest BCUT2D eigenvalue weighted by atomic mass is 10.1. The standard InChI is InChI=1S/C19H24N2O4S.ClH/c1-21(15-11-13-20-14-12-15)26(22,23)19-9-7-18(8-10-19)25-17-5-3-16(24-2)4-6-17;/h3-10,15,20H,11-14H2,1-2H3;1H. The summed E-state index contributed by atoms with van der Waals surface area (Å²) in [6.45, 7) is 1.69. The molecule has 1 fully saturated rings. The molecule has 1 saturated heterocycles. The topological polar surface area (TPSA) is 67.9 Å². The Balaban J connectivity index is 0.00000261. The Morgan fingerprint density at radius 1 is 0.926 bits per heavy atom. The predicted molar refractivity (Wildman–Crippen MR) is 108 cm³/mol. The summed E-state index contributed by atoms with van der Waals surface area (Å²) in [5.41, 5.74) is 0. The van der Waals surface area contributed by atoms with Crippen LogP contribution in [0.15, 0.2) is 53.4 Å². The number of hydrogen-bond donors (Lipinski definition) is 1. The smallest absolute Gasteiger partial charge is 0.243 e. The van der Waals surface area contributed by atoms with Gasteiger partial charge in [-0.1, -0.05) is 0 Å². The third-order valence-corrected chi connectivity index (χ3v) is 6.54. The van der Waals surface area contributed by atoms with Crippen molar-refractivity contribution < 1.29 is 17.9 Å². The van der Waals surface area contributed by atoms with Crippen LogP contribution < -0.4 is 14.8 Å². The number of sulfonamides is 1. The normalized spacial score (nSPS) is 15.2. The Morgan fingerprint density at radius 3 is 1.93 bits per heavy atom. The maximum absolute atomic E-state index is 12.8. The summed E-state index contributed by atoms with van der Waals surface area (Å²) in [5, 5.41) is 3.25. The van der Waals surface area contributed by atoms with Gasteiger partial charge in [-0.15, -0.1) is 12.4 Å². The number of halogens is 1. The third-order valence-electron chi connectivity index (χ3n) is 4.62. The van der Waals surface area contributed by atoms with Gasteiger partial charge in [-0.05, 0) is 74.5 Å². The molecule has 27 heavy (non-hydrogen) atoms. The van der Waals surface area contributed by atoms with Crippen LogP contribution in [0.5, 0.6) is 17.2 Å². The van der Waals surface area contributed by atoms with E-state index < -0.39 is 10.0 Å². The number of piperidine rings is 1. The predicted octanol–water partition coefficient (Wildman–Crippen LogP) is 3.28. The van der Waals surface area contributed by atoms with Crippen LogP contribution in [-0.2, 0) is 10.0 Å². The van der Waals surface area contributed by atoms with Gasteiger partial charge in [0.1, 0.15) is 17.2 Å². The fraction of sp³-hybridized carbons (Fsp3) is 0.368. The molecule has 2 aromatic carbocycles. The van der Waals surface area contributed by atoms with Crippen molar-refractivity contribution in [3.63, 3.8) is 0 Å². The van der Waals surface area contributed by atoms with E-state index in [0.717, 1.165) is 31.7 Å². The molecule has 0 radical (unpaired) electrons. The lowest BCUT2D eigenvalue weighted by molar-refractivity contribution is 0.296. The van der Waals surface area contributed by atoms with Gasteiger partial charge in [0.2, 0.25) is 10.0 Å². The highest BCUT2D eigenvalue weighted by Gasteiger charge is 2.28. The molecular formula is C19H25ClN2O4S. The van der Waals surface area contributed by atoms with E-state index in [9.17, 15) is 8.42 Å². The second-order valence-electron chi connectivity index (χ2n) is 6.25. The van der Waals surface area contributed by atoms with Gasteiger partial charge < -0.3 is 14.8 Å². The van der Waals surface area contributed by atoms with Gasteiger partial charge >= 0.3 is 0 Å². The minimum atomic E-state index is -3.50. The first-order valence-electron chi connectivity index (χ1n) is 8.61. The Hall–Kier alpha value is -1.80. The number of benzene rings is 2. The number of nitrogens with zero attached hydrogens (tertiary/aromatic N) is 1. The highest BCUT2D eigenvalue weighted by Crippen LogP contribution is 2.26. The SMILES string of the molecule is COc1ccc(Oc2ccc(S(=O)(=O)N(C)C3CCNCC3)cc2)cc1.Cl. The van der Waals surface area contributed by atoms with Crippen LogP contribution in [0.25, 0.3) is 0 Å². The Bertz CT molecular complexity index is 820. The fourth-order valence-electron chi connectivity index (χ4n) is 2.99. The van der Waals surface area contributed by atoms with E-state index in [1.54, 1.807) is 50.6 Å². The Kier molecular flexibility index (Phi) is 7.49. The molecule has 0 aliphatic carbocycles. The van der Waals surface area contributed by atoms with Crippen LogP contribution in [0, 0.1) is 0 Å². The fourth-order valence-corrected chi connectivity index (χ4v) is 4.41. The first kappa shape index (κ1) is 21.5. The highest BCUT2D eigenvalue weighted by atomic mass is 35.5. The summed E-state index contributed by atoms with van der Waals surface area (Å²) in [6, 6.07) is 13.8. The average molecular weight is 413 g/mol. The first-order valence-corrected chi connectivity index (χ1v) is 10.1. The third kappa shape index (κ3) is 5.13. The molecule has 0 bridgehead atoms. The maximum Gasteiger partial charge on any atom is 0.243 e. The molecule has 148 valence electrons. The van der Waals surface area contributed by atoms with Crippen molar-refractivity contribution in [3.8, 4) is 17.2 Å². The minimum absolute atomic E-state index is 0. The van der Waals surface area contributed by atoms with E-state index in [-0.39, 0.29) is 23.3 Å². The minimum Gasteiger partial charge on any atom is -0.497 e. The number of methoxy groups -OCH3 is 1. The molecule has 0 saturated carbocycles. The van der Waals surface area contributed by atoms with Crippen LogP contribution in [0.4, 0.5) is 0 Å². The summed E-state index contributed by atoms with van der Waals surface area (Å²) in [4.78, 5) is 0.278. The number of nitrogens with one attached hydrogen (secondary N) is 1. The van der Waals surface area contributed by atoms with Crippen molar-refractivity contribution in [3.05, 3.63) is 48.5 Å². The van der Waals surface area contributed by atoms with Gasteiger partial charge in [0.25, 0.3) is 0 Å². The van der Waals surface area contributed by atoms with Crippen LogP contribution in [0.3, 0.4) is 0 Å². The second kappa shape index (κ2) is 9.41. The molecular weight excluding hydrogens is 388 g/mol. The van der Waals surface area contributed by atoms with Gasteiger partial charge in [0, 0.05) is 13.1 Å². The molecule has 2 aromatic rings. The van der Waals surface area contributed by atoms with Crippen LogP contribution in [0.2, 0.25) is 0 Å². The number of ether oxygens (including phenoxy) is 2. The van der Waals surface area contributed by atoms with Crippen molar-refractivity contribution in [2.45, 2.75) is 23.8 Å². The summed E-state index contributed by atoms with van der Waals surface area (Å²) in [6.07, 6.45) is 1.66. The van der Waals surface area contributed by atoms with Crippen molar-refractivity contribution in [1.82, 2.24) is 9.62 Å². The van der Waals surface area contributed by atoms with E-state index >= 15 is 0 Å². The molecule has 0 amide bonds. The molecule has 0 spiro atoms. The second-order valence-corrected chi connectivity index (χ2v) is 8.25. The van der Waals surface area contributed by atoms with Gasteiger partial charge in [-0.2, -0.15) is 4.31 Å². The highest BCUT2D eigenvalue weighted by molar-refractivity contribution is 7.89. The molecule has 1 aliphatic rings. The van der Waals surface area contributed by atoms with E-state index in [0.29, 0.717) is 11.5 Å². The van der Waals surface area contributed by atoms with Crippen molar-refractivity contribution >= 4 is 22.4 Å². The molecule has 0 unspecified atom stereocenters. The lowest BCUT2D eigenvalue weighted by Crippen LogP contribution is -2.43.